The van der Waals surface area contributed by atoms with Gasteiger partial charge in [-0.25, -0.2) is 4.90 Å². The van der Waals surface area contributed by atoms with Crippen LogP contribution in [-0.2, 0) is 16.0 Å². The molecule has 4 atom stereocenters. The third-order valence-electron chi connectivity index (χ3n) is 7.86. The summed E-state index contributed by atoms with van der Waals surface area (Å²) in [5.41, 5.74) is 2.80. The van der Waals surface area contributed by atoms with Crippen LogP contribution in [0.2, 0.25) is 0 Å². The average molecular weight is 500 g/mol. The Morgan fingerprint density at radius 2 is 1.43 bits per heavy atom. The maximum absolute atomic E-state index is 14.0. The van der Waals surface area contributed by atoms with Crippen LogP contribution in [0.5, 0.6) is 11.5 Å². The van der Waals surface area contributed by atoms with E-state index in [4.69, 9.17) is 9.47 Å². The van der Waals surface area contributed by atoms with Gasteiger partial charge in [0.2, 0.25) is 11.8 Å². The number of methoxy groups -OCH3 is 2. The minimum atomic E-state index is -0.766. The van der Waals surface area contributed by atoms with Crippen LogP contribution in [0.25, 0.3) is 0 Å². The number of hydrogen-bond donors (Lipinski definition) is 0. The van der Waals surface area contributed by atoms with Gasteiger partial charge in [-0.1, -0.05) is 36.4 Å². The summed E-state index contributed by atoms with van der Waals surface area (Å²) in [6.07, 6.45) is 0.646. The number of benzene rings is 3. The van der Waals surface area contributed by atoms with E-state index in [9.17, 15) is 19.7 Å². The highest BCUT2D eigenvalue weighted by molar-refractivity contribution is 6.23. The van der Waals surface area contributed by atoms with Crippen molar-refractivity contribution in [1.29, 1.82) is 0 Å². The Kier molecular flexibility index (Phi) is 5.45. The van der Waals surface area contributed by atoms with Gasteiger partial charge in [-0.2, -0.15) is 0 Å². The number of nitrogens with zero attached hydrogens (tertiary/aromatic N) is 3. The van der Waals surface area contributed by atoms with Crippen molar-refractivity contribution in [2.75, 3.05) is 25.7 Å². The topological polar surface area (TPSA) is 102 Å². The molecule has 0 spiro atoms. The first-order valence-corrected chi connectivity index (χ1v) is 12.1. The van der Waals surface area contributed by atoms with Crippen LogP contribution >= 0.6 is 0 Å². The number of nitro benzene ring substituents is 1. The van der Waals surface area contributed by atoms with Crippen LogP contribution in [0.1, 0.15) is 28.8 Å². The second-order valence-electron chi connectivity index (χ2n) is 9.50. The summed E-state index contributed by atoms with van der Waals surface area (Å²) < 4.78 is 11.1. The smallest absolute Gasteiger partial charge is 0.274 e. The van der Waals surface area contributed by atoms with Crippen molar-refractivity contribution in [2.24, 2.45) is 11.8 Å². The third kappa shape index (κ3) is 3.34. The minimum Gasteiger partial charge on any atom is -0.493 e. The molecule has 6 rings (SSSR count). The zero-order chi connectivity index (χ0) is 25.8. The fourth-order valence-corrected chi connectivity index (χ4v) is 6.40. The van der Waals surface area contributed by atoms with Gasteiger partial charge >= 0.3 is 0 Å². The lowest BCUT2D eigenvalue weighted by Gasteiger charge is -2.38. The number of hydrogen-bond acceptors (Lipinski definition) is 7. The van der Waals surface area contributed by atoms with Gasteiger partial charge in [-0.15, -0.1) is 0 Å². The van der Waals surface area contributed by atoms with Crippen LogP contribution in [0.4, 0.5) is 11.4 Å². The summed E-state index contributed by atoms with van der Waals surface area (Å²) in [7, 11) is 3.13. The fourth-order valence-electron chi connectivity index (χ4n) is 6.40. The first-order valence-electron chi connectivity index (χ1n) is 12.1. The molecule has 9 heteroatoms. The number of ether oxygens (including phenoxy) is 2. The predicted octanol–water partition coefficient (Wildman–Crippen LogP) is 4.07. The van der Waals surface area contributed by atoms with Crippen molar-refractivity contribution in [3.05, 3.63) is 93.5 Å². The lowest BCUT2D eigenvalue weighted by molar-refractivity contribution is -0.386. The molecule has 0 bridgehead atoms. The van der Waals surface area contributed by atoms with E-state index >= 15 is 0 Å². The molecule has 9 nitrogen and oxygen atoms in total. The Labute approximate surface area is 213 Å². The molecule has 0 N–H and O–H groups in total. The molecule has 3 aliphatic heterocycles. The van der Waals surface area contributed by atoms with Gasteiger partial charge in [0.15, 0.2) is 11.5 Å². The Balaban J connectivity index is 1.56. The van der Waals surface area contributed by atoms with Gasteiger partial charge < -0.3 is 9.47 Å². The summed E-state index contributed by atoms with van der Waals surface area (Å²) >= 11 is 0. The highest BCUT2D eigenvalue weighted by atomic mass is 16.6. The van der Waals surface area contributed by atoms with Crippen molar-refractivity contribution in [2.45, 2.75) is 18.5 Å². The summed E-state index contributed by atoms with van der Waals surface area (Å²) in [5.74, 6) is -0.960. The maximum Gasteiger partial charge on any atom is 0.274 e. The molecule has 2 fully saturated rings. The number of amides is 2. The number of para-hydroxylation sites is 2. The molecule has 2 saturated heterocycles. The highest BCUT2D eigenvalue weighted by Crippen LogP contribution is 2.59. The van der Waals surface area contributed by atoms with E-state index in [0.717, 1.165) is 11.1 Å². The second kappa shape index (κ2) is 8.70. The lowest BCUT2D eigenvalue weighted by Crippen LogP contribution is -2.41. The molecule has 0 aliphatic carbocycles. The molecule has 2 amide bonds. The predicted molar refractivity (Wildman–Crippen MR) is 134 cm³/mol. The number of carbonyl (C=O) groups excluding carboxylic acids is 2. The van der Waals surface area contributed by atoms with E-state index in [1.54, 1.807) is 56.7 Å². The summed E-state index contributed by atoms with van der Waals surface area (Å²) in [6.45, 7) is 0.544. The number of rotatable bonds is 5. The largest absolute Gasteiger partial charge is 0.493 e. The number of fused-ring (bicyclic) bond motifs is 5. The Bertz CT molecular complexity index is 1420. The summed E-state index contributed by atoms with van der Waals surface area (Å²) in [6, 6.07) is 18.1. The molecular formula is C28H25N3O6. The van der Waals surface area contributed by atoms with Crippen LogP contribution < -0.4 is 14.4 Å². The Morgan fingerprint density at radius 3 is 2.08 bits per heavy atom. The van der Waals surface area contributed by atoms with E-state index in [1.807, 2.05) is 18.2 Å². The van der Waals surface area contributed by atoms with Crippen molar-refractivity contribution in [3.8, 4) is 11.5 Å². The molecule has 3 aromatic rings. The van der Waals surface area contributed by atoms with Gasteiger partial charge in [-0.05, 0) is 41.8 Å². The van der Waals surface area contributed by atoms with Crippen molar-refractivity contribution in [1.82, 2.24) is 4.90 Å². The number of nitro groups is 1. The molecule has 0 aromatic heterocycles. The number of anilines is 1. The first kappa shape index (κ1) is 23.2. The molecule has 37 heavy (non-hydrogen) atoms. The van der Waals surface area contributed by atoms with Gasteiger partial charge in [0.25, 0.3) is 5.69 Å². The molecular weight excluding hydrogens is 474 g/mol. The molecule has 188 valence electrons. The Hall–Kier alpha value is -4.24. The first-order chi connectivity index (χ1) is 18.0. The maximum atomic E-state index is 14.0. The van der Waals surface area contributed by atoms with Crippen LogP contribution in [0, 0.1) is 22.0 Å². The zero-order valence-electron chi connectivity index (χ0n) is 20.4. The lowest BCUT2D eigenvalue weighted by atomic mass is 9.82. The molecule has 3 aliphatic rings. The normalized spacial score (nSPS) is 24.4. The van der Waals surface area contributed by atoms with Crippen molar-refractivity contribution in [3.63, 3.8) is 0 Å². The van der Waals surface area contributed by atoms with E-state index in [0.29, 0.717) is 35.7 Å². The number of imide groups is 1. The van der Waals surface area contributed by atoms with E-state index in [2.05, 4.69) is 4.90 Å². The average Bonchev–Trinajstić information content (AvgIpc) is 3.40. The zero-order valence-corrected chi connectivity index (χ0v) is 20.4. The molecule has 0 unspecified atom stereocenters. The van der Waals surface area contributed by atoms with Crippen LogP contribution in [0.15, 0.2) is 66.7 Å². The van der Waals surface area contributed by atoms with Gasteiger partial charge in [0.05, 0.1) is 42.7 Å². The number of carbonyl (C=O) groups is 2. The SMILES string of the molecule is COc1cc2c(cc1OC)[C@@H]1[C@@H]3C(=O)N(c4ccccc4)C(=O)[C@@H]3[C@H](c3ccccc3[N+](=O)[O-])N1CC2. The quantitative estimate of drug-likeness (QED) is 0.296. The monoisotopic (exact) mass is 499 g/mol. The van der Waals surface area contributed by atoms with Gasteiger partial charge in [-0.3, -0.25) is 24.6 Å². The molecule has 0 saturated carbocycles. The van der Waals surface area contributed by atoms with E-state index in [-0.39, 0.29) is 17.5 Å². The van der Waals surface area contributed by atoms with Crippen LogP contribution in [-0.4, -0.2) is 42.4 Å². The fraction of sp³-hybridized carbons (Fsp3) is 0.286. The van der Waals surface area contributed by atoms with Crippen molar-refractivity contribution >= 4 is 23.2 Å². The third-order valence-corrected chi connectivity index (χ3v) is 7.86. The molecule has 0 radical (unpaired) electrons. The van der Waals surface area contributed by atoms with Gasteiger partial charge in [0.1, 0.15) is 0 Å². The second-order valence-corrected chi connectivity index (χ2v) is 9.50. The standard InChI is InChI=1S/C28H25N3O6/c1-36-21-14-16-12-13-29-25(18-10-6-7-11-20(18)31(34)35)23-24(26(29)19(16)15-22(21)37-2)28(33)30(27(23)32)17-8-4-3-5-9-17/h3-11,14-15,23-26H,12-13H2,1-2H3/t23-,24+,25-,26+/m0/s1. The van der Waals surface area contributed by atoms with Crippen LogP contribution in [0.3, 0.4) is 0 Å². The van der Waals surface area contributed by atoms with E-state index in [1.165, 1.54) is 11.0 Å². The molecule has 3 aromatic carbocycles. The summed E-state index contributed by atoms with van der Waals surface area (Å²) in [4.78, 5) is 43.0. The van der Waals surface area contributed by atoms with Crippen molar-refractivity contribution < 1.29 is 24.0 Å². The summed E-state index contributed by atoms with van der Waals surface area (Å²) in [5, 5.41) is 12.0. The molecule has 3 heterocycles. The Morgan fingerprint density at radius 1 is 0.838 bits per heavy atom. The van der Waals surface area contributed by atoms with E-state index < -0.39 is 28.8 Å². The highest BCUT2D eigenvalue weighted by Gasteiger charge is 2.64. The minimum absolute atomic E-state index is 0.0524. The van der Waals surface area contributed by atoms with Gasteiger partial charge in [0, 0.05) is 24.2 Å².